The first kappa shape index (κ1) is 28.3. The molecule has 0 fully saturated rings. The molecule has 1 aromatic rings. The maximum Gasteiger partial charge on any atom is 0.310 e. The average Bonchev–Trinajstić information content (AvgIpc) is 2.78. The summed E-state index contributed by atoms with van der Waals surface area (Å²) in [4.78, 5) is 12.1. The van der Waals surface area contributed by atoms with Crippen molar-refractivity contribution in [3.8, 4) is 11.5 Å². The van der Waals surface area contributed by atoms with Crippen LogP contribution in [-0.2, 0) is 16.0 Å². The smallest absolute Gasteiger partial charge is 0.310 e. The van der Waals surface area contributed by atoms with Crippen molar-refractivity contribution in [1.82, 2.24) is 0 Å². The molecule has 0 saturated carbocycles. The maximum absolute atomic E-state index is 12.1. The van der Waals surface area contributed by atoms with E-state index in [9.17, 15) is 15.0 Å². The third kappa shape index (κ3) is 14.4. The van der Waals surface area contributed by atoms with Gasteiger partial charge >= 0.3 is 5.97 Å². The number of rotatable bonds is 20. The van der Waals surface area contributed by atoms with E-state index in [-0.39, 0.29) is 23.9 Å². The number of aromatic hydroxyl groups is 2. The van der Waals surface area contributed by atoms with Gasteiger partial charge in [0.15, 0.2) is 11.5 Å². The van der Waals surface area contributed by atoms with Gasteiger partial charge in [-0.1, -0.05) is 116 Å². The van der Waals surface area contributed by atoms with Crippen molar-refractivity contribution in [1.29, 1.82) is 0 Å². The fourth-order valence-corrected chi connectivity index (χ4v) is 4.14. The monoisotopic (exact) mass is 448 g/mol. The Bertz CT molecular complexity index is 599. The molecule has 0 aliphatic rings. The standard InChI is InChI=1S/C28H48O4/c1-3-5-6-7-8-9-10-11-12-13-14-15-16-17-18-24(4-2)23-32-28(31)22-25-19-20-26(29)27(30)21-25/h19-21,24,29-30H,3-18,22-23H2,1-2H3. The van der Waals surface area contributed by atoms with Gasteiger partial charge in [0.2, 0.25) is 0 Å². The van der Waals surface area contributed by atoms with Gasteiger partial charge in [-0.2, -0.15) is 0 Å². The molecule has 0 bridgehead atoms. The lowest BCUT2D eigenvalue weighted by Crippen LogP contribution is -2.15. The normalized spacial score (nSPS) is 12.1. The van der Waals surface area contributed by atoms with Gasteiger partial charge in [-0.3, -0.25) is 4.79 Å². The molecule has 184 valence electrons. The molecular weight excluding hydrogens is 400 g/mol. The number of hydrogen-bond acceptors (Lipinski definition) is 4. The second-order valence-electron chi connectivity index (χ2n) is 9.34. The minimum Gasteiger partial charge on any atom is -0.504 e. The van der Waals surface area contributed by atoms with E-state index < -0.39 is 0 Å². The van der Waals surface area contributed by atoms with Gasteiger partial charge in [0.25, 0.3) is 0 Å². The van der Waals surface area contributed by atoms with Crippen molar-refractivity contribution in [2.75, 3.05) is 6.61 Å². The summed E-state index contributed by atoms with van der Waals surface area (Å²) < 4.78 is 5.46. The third-order valence-electron chi connectivity index (χ3n) is 6.41. The van der Waals surface area contributed by atoms with Crippen LogP contribution in [0.2, 0.25) is 0 Å². The molecule has 0 aliphatic carbocycles. The molecule has 0 heterocycles. The number of benzene rings is 1. The molecule has 1 unspecified atom stereocenters. The van der Waals surface area contributed by atoms with E-state index in [1.54, 1.807) is 6.07 Å². The Morgan fingerprint density at radius 3 is 1.81 bits per heavy atom. The van der Waals surface area contributed by atoms with Gasteiger partial charge in [0, 0.05) is 0 Å². The summed E-state index contributed by atoms with van der Waals surface area (Å²) in [6, 6.07) is 4.42. The molecule has 2 N–H and O–H groups in total. The highest BCUT2D eigenvalue weighted by Crippen LogP contribution is 2.25. The van der Waals surface area contributed by atoms with Crippen LogP contribution in [0.1, 0.15) is 122 Å². The van der Waals surface area contributed by atoms with Crippen LogP contribution in [0.3, 0.4) is 0 Å². The number of carbonyl (C=O) groups is 1. The summed E-state index contributed by atoms with van der Waals surface area (Å²) in [5.41, 5.74) is 0.644. The number of phenolic OH excluding ortho intramolecular Hbond substituents is 2. The predicted molar refractivity (Wildman–Crippen MR) is 133 cm³/mol. The van der Waals surface area contributed by atoms with E-state index in [2.05, 4.69) is 13.8 Å². The van der Waals surface area contributed by atoms with Gasteiger partial charge < -0.3 is 14.9 Å². The number of phenols is 2. The highest BCUT2D eigenvalue weighted by atomic mass is 16.5. The van der Waals surface area contributed by atoms with Crippen LogP contribution < -0.4 is 0 Å². The zero-order chi connectivity index (χ0) is 23.4. The van der Waals surface area contributed by atoms with Crippen LogP contribution in [0.25, 0.3) is 0 Å². The molecule has 0 saturated heterocycles. The SMILES string of the molecule is CCCCCCCCCCCCCCCCC(CC)COC(=O)Cc1ccc(O)c(O)c1. The third-order valence-corrected chi connectivity index (χ3v) is 6.41. The fourth-order valence-electron chi connectivity index (χ4n) is 4.14. The molecule has 0 aliphatic heterocycles. The molecule has 1 atom stereocenters. The molecule has 0 spiro atoms. The summed E-state index contributed by atoms with van der Waals surface area (Å²) in [6.45, 7) is 4.90. The zero-order valence-electron chi connectivity index (χ0n) is 20.7. The Hall–Kier alpha value is -1.71. The van der Waals surface area contributed by atoms with Crippen molar-refractivity contribution < 1.29 is 19.7 Å². The molecule has 0 amide bonds. The van der Waals surface area contributed by atoms with Crippen molar-refractivity contribution >= 4 is 5.97 Å². The minimum absolute atomic E-state index is 0.114. The Morgan fingerprint density at radius 1 is 0.781 bits per heavy atom. The van der Waals surface area contributed by atoms with E-state index >= 15 is 0 Å². The van der Waals surface area contributed by atoms with Crippen LogP contribution in [0.15, 0.2) is 18.2 Å². The maximum atomic E-state index is 12.1. The molecular formula is C28H48O4. The van der Waals surface area contributed by atoms with Gasteiger partial charge in [-0.15, -0.1) is 0 Å². The molecule has 4 heteroatoms. The van der Waals surface area contributed by atoms with Gasteiger partial charge in [0.1, 0.15) is 0 Å². The lowest BCUT2D eigenvalue weighted by atomic mass is 9.98. The Balaban J connectivity index is 1.98. The Morgan fingerprint density at radius 2 is 1.31 bits per heavy atom. The number of unbranched alkanes of at least 4 members (excludes halogenated alkanes) is 13. The van der Waals surface area contributed by atoms with E-state index in [0.29, 0.717) is 18.1 Å². The second-order valence-corrected chi connectivity index (χ2v) is 9.34. The lowest BCUT2D eigenvalue weighted by molar-refractivity contribution is -0.144. The van der Waals surface area contributed by atoms with E-state index in [0.717, 1.165) is 12.8 Å². The summed E-state index contributed by atoms with van der Waals surface area (Å²) in [6.07, 6.45) is 21.4. The molecule has 1 aromatic carbocycles. The number of esters is 1. The van der Waals surface area contributed by atoms with E-state index in [1.807, 2.05) is 0 Å². The summed E-state index contributed by atoms with van der Waals surface area (Å²) in [7, 11) is 0. The Labute approximate surface area is 196 Å². The molecule has 4 nitrogen and oxygen atoms in total. The minimum atomic E-state index is -0.283. The fraction of sp³-hybridized carbons (Fsp3) is 0.750. The first-order valence-electron chi connectivity index (χ1n) is 13.2. The number of hydrogen-bond donors (Lipinski definition) is 2. The summed E-state index contributed by atoms with van der Waals surface area (Å²) in [5.74, 6) is -0.250. The zero-order valence-corrected chi connectivity index (χ0v) is 20.7. The van der Waals surface area contributed by atoms with Crippen LogP contribution in [0.5, 0.6) is 11.5 Å². The molecule has 32 heavy (non-hydrogen) atoms. The summed E-state index contributed by atoms with van der Waals surface area (Å²) in [5, 5.41) is 18.9. The number of carbonyl (C=O) groups excluding carboxylic acids is 1. The van der Waals surface area contributed by atoms with Crippen LogP contribution >= 0.6 is 0 Å². The first-order chi connectivity index (χ1) is 15.6. The highest BCUT2D eigenvalue weighted by molar-refractivity contribution is 5.72. The average molecular weight is 449 g/mol. The molecule has 0 radical (unpaired) electrons. The van der Waals surface area contributed by atoms with Crippen molar-refractivity contribution in [3.05, 3.63) is 23.8 Å². The van der Waals surface area contributed by atoms with Crippen LogP contribution in [0.4, 0.5) is 0 Å². The van der Waals surface area contributed by atoms with Crippen molar-refractivity contribution in [3.63, 3.8) is 0 Å². The van der Waals surface area contributed by atoms with Crippen molar-refractivity contribution in [2.24, 2.45) is 5.92 Å². The lowest BCUT2D eigenvalue weighted by Gasteiger charge is -2.15. The van der Waals surface area contributed by atoms with Crippen molar-refractivity contribution in [2.45, 2.75) is 123 Å². The quantitative estimate of drug-likeness (QED) is 0.120. The van der Waals surface area contributed by atoms with E-state index in [4.69, 9.17) is 4.74 Å². The topological polar surface area (TPSA) is 66.8 Å². The first-order valence-corrected chi connectivity index (χ1v) is 13.2. The van der Waals surface area contributed by atoms with E-state index in [1.165, 1.54) is 102 Å². The van der Waals surface area contributed by atoms with Gasteiger partial charge in [-0.05, 0) is 30.0 Å². The van der Waals surface area contributed by atoms with Gasteiger partial charge in [0.05, 0.1) is 13.0 Å². The molecule has 0 aromatic heterocycles. The number of ether oxygens (including phenoxy) is 1. The van der Waals surface area contributed by atoms with Crippen LogP contribution in [-0.4, -0.2) is 22.8 Å². The summed E-state index contributed by atoms with van der Waals surface area (Å²) >= 11 is 0. The molecule has 1 rings (SSSR count). The highest BCUT2D eigenvalue weighted by Gasteiger charge is 2.12. The van der Waals surface area contributed by atoms with Crippen LogP contribution in [0, 0.1) is 5.92 Å². The predicted octanol–water partition coefficient (Wildman–Crippen LogP) is 8.08. The van der Waals surface area contributed by atoms with Gasteiger partial charge in [-0.25, -0.2) is 0 Å². The largest absolute Gasteiger partial charge is 0.504 e. The Kier molecular flexibility index (Phi) is 16.7. The second kappa shape index (κ2) is 18.8.